The molecule has 0 unspecified atom stereocenters. The van der Waals surface area contributed by atoms with Crippen molar-refractivity contribution >= 4 is 12.6 Å². The lowest BCUT2D eigenvalue weighted by Gasteiger charge is -2.02. The summed E-state index contributed by atoms with van der Waals surface area (Å²) in [5, 5.41) is 30.5. The first kappa shape index (κ1) is 13.5. The molecule has 1 heterocycles. The smallest absolute Gasteiger partial charge is 0.423 e. The van der Waals surface area contributed by atoms with Crippen LogP contribution < -0.4 is 5.46 Å². The van der Waals surface area contributed by atoms with Gasteiger partial charge in [0.2, 0.25) is 5.82 Å². The second kappa shape index (κ2) is 5.86. The van der Waals surface area contributed by atoms with Crippen molar-refractivity contribution in [2.45, 2.75) is 6.54 Å². The molecule has 0 aliphatic heterocycles. The molecule has 0 saturated carbocycles. The number of benzene rings is 2. The van der Waals surface area contributed by atoms with Gasteiger partial charge in [0.15, 0.2) is 0 Å². The number of aromatic nitrogens is 4. The Kier molecular flexibility index (Phi) is 3.76. The molecule has 0 atom stereocenters. The number of hydrogen-bond acceptors (Lipinski definition) is 5. The highest BCUT2D eigenvalue weighted by molar-refractivity contribution is 6.58. The van der Waals surface area contributed by atoms with Crippen molar-refractivity contribution in [1.29, 1.82) is 0 Å². The maximum Gasteiger partial charge on any atom is 0.488 e. The Morgan fingerprint density at radius 1 is 0.952 bits per heavy atom. The highest BCUT2D eigenvalue weighted by Gasteiger charge is 2.10. The molecule has 0 aliphatic rings. The van der Waals surface area contributed by atoms with E-state index in [9.17, 15) is 0 Å². The quantitative estimate of drug-likeness (QED) is 0.661. The van der Waals surface area contributed by atoms with Gasteiger partial charge in [0.25, 0.3) is 0 Å². The van der Waals surface area contributed by atoms with E-state index in [0.29, 0.717) is 17.8 Å². The second-order valence-electron chi connectivity index (χ2n) is 4.62. The van der Waals surface area contributed by atoms with Crippen molar-refractivity contribution in [2.75, 3.05) is 0 Å². The average Bonchev–Trinajstić information content (AvgIpc) is 2.97. The van der Waals surface area contributed by atoms with E-state index in [4.69, 9.17) is 10.0 Å². The zero-order chi connectivity index (χ0) is 14.7. The van der Waals surface area contributed by atoms with E-state index in [1.165, 1.54) is 4.80 Å². The predicted octanol–water partition coefficient (Wildman–Crippen LogP) is 0.0682. The van der Waals surface area contributed by atoms with E-state index in [2.05, 4.69) is 15.4 Å². The molecule has 0 radical (unpaired) electrons. The Bertz CT molecular complexity index is 713. The molecule has 21 heavy (non-hydrogen) atoms. The van der Waals surface area contributed by atoms with Crippen molar-refractivity contribution in [2.24, 2.45) is 0 Å². The van der Waals surface area contributed by atoms with Gasteiger partial charge in [-0.25, -0.2) is 0 Å². The standard InChI is InChI=1S/C14H13BN4O2/c20-15(21)13-8-6-11(7-9-13)10-19-17-14(16-18-19)12-4-2-1-3-5-12/h1-9,20-21H,10H2. The van der Waals surface area contributed by atoms with Gasteiger partial charge in [0, 0.05) is 5.56 Å². The summed E-state index contributed by atoms with van der Waals surface area (Å²) in [6, 6.07) is 16.6. The first-order chi connectivity index (χ1) is 10.2. The van der Waals surface area contributed by atoms with Crippen LogP contribution in [0.1, 0.15) is 5.56 Å². The predicted molar refractivity (Wildman–Crippen MR) is 78.6 cm³/mol. The van der Waals surface area contributed by atoms with Crippen LogP contribution in [-0.4, -0.2) is 37.4 Å². The zero-order valence-electron chi connectivity index (χ0n) is 11.2. The van der Waals surface area contributed by atoms with Crippen LogP contribution in [0, 0.1) is 0 Å². The summed E-state index contributed by atoms with van der Waals surface area (Å²) >= 11 is 0. The molecular formula is C14H13BN4O2. The topological polar surface area (TPSA) is 84.1 Å². The van der Waals surface area contributed by atoms with Gasteiger partial charge in [-0.15, -0.1) is 10.2 Å². The van der Waals surface area contributed by atoms with Crippen molar-refractivity contribution in [3.63, 3.8) is 0 Å². The van der Waals surface area contributed by atoms with E-state index < -0.39 is 7.12 Å². The van der Waals surface area contributed by atoms with E-state index in [-0.39, 0.29) is 0 Å². The first-order valence-corrected chi connectivity index (χ1v) is 6.50. The van der Waals surface area contributed by atoms with Crippen LogP contribution in [0.3, 0.4) is 0 Å². The van der Waals surface area contributed by atoms with E-state index in [0.717, 1.165) is 11.1 Å². The molecule has 0 fully saturated rings. The molecular weight excluding hydrogens is 267 g/mol. The third-order valence-electron chi connectivity index (χ3n) is 3.09. The molecule has 6 nitrogen and oxygen atoms in total. The minimum absolute atomic E-state index is 0.454. The lowest BCUT2D eigenvalue weighted by atomic mass is 9.80. The van der Waals surface area contributed by atoms with Crippen molar-refractivity contribution < 1.29 is 10.0 Å². The fourth-order valence-corrected chi connectivity index (χ4v) is 1.97. The van der Waals surface area contributed by atoms with Gasteiger partial charge >= 0.3 is 7.12 Å². The van der Waals surface area contributed by atoms with Crippen molar-refractivity contribution in [3.05, 3.63) is 60.2 Å². The number of hydrogen-bond donors (Lipinski definition) is 2. The summed E-state index contributed by atoms with van der Waals surface area (Å²) in [5.41, 5.74) is 2.33. The average molecular weight is 280 g/mol. The molecule has 1 aromatic heterocycles. The Balaban J connectivity index is 1.75. The molecule has 2 N–H and O–H groups in total. The van der Waals surface area contributed by atoms with E-state index in [1.54, 1.807) is 24.3 Å². The monoisotopic (exact) mass is 280 g/mol. The molecule has 3 rings (SSSR count). The Morgan fingerprint density at radius 2 is 1.67 bits per heavy atom. The lowest BCUT2D eigenvalue weighted by Crippen LogP contribution is -2.29. The van der Waals surface area contributed by atoms with Crippen LogP contribution in [0.25, 0.3) is 11.4 Å². The first-order valence-electron chi connectivity index (χ1n) is 6.50. The zero-order valence-corrected chi connectivity index (χ0v) is 11.2. The SMILES string of the molecule is OB(O)c1ccc(Cn2nnc(-c3ccccc3)n2)cc1. The van der Waals surface area contributed by atoms with Gasteiger partial charge in [0.05, 0.1) is 6.54 Å². The third-order valence-corrected chi connectivity index (χ3v) is 3.09. The molecule has 2 aromatic carbocycles. The number of nitrogens with zero attached hydrogens (tertiary/aromatic N) is 4. The van der Waals surface area contributed by atoms with Gasteiger partial charge < -0.3 is 10.0 Å². The molecule has 0 spiro atoms. The second-order valence-corrected chi connectivity index (χ2v) is 4.62. The van der Waals surface area contributed by atoms with Crippen molar-refractivity contribution in [1.82, 2.24) is 20.2 Å². The van der Waals surface area contributed by atoms with Crippen LogP contribution in [0.2, 0.25) is 0 Å². The van der Waals surface area contributed by atoms with E-state index >= 15 is 0 Å². The molecule has 104 valence electrons. The van der Waals surface area contributed by atoms with Crippen LogP contribution in [0.5, 0.6) is 0 Å². The summed E-state index contributed by atoms with van der Waals surface area (Å²) in [7, 11) is -1.45. The fraction of sp³-hybridized carbons (Fsp3) is 0.0714. The summed E-state index contributed by atoms with van der Waals surface area (Å²) in [5.74, 6) is 0.581. The largest absolute Gasteiger partial charge is 0.488 e. The molecule has 0 bridgehead atoms. The van der Waals surface area contributed by atoms with Crippen LogP contribution in [0.15, 0.2) is 54.6 Å². The van der Waals surface area contributed by atoms with Gasteiger partial charge in [-0.3, -0.25) is 0 Å². The molecule has 3 aromatic rings. The molecule has 7 heteroatoms. The van der Waals surface area contributed by atoms with Gasteiger partial charge in [-0.2, -0.15) is 4.80 Å². The summed E-state index contributed by atoms with van der Waals surface area (Å²) in [6.07, 6.45) is 0. The van der Waals surface area contributed by atoms with Crippen molar-refractivity contribution in [3.8, 4) is 11.4 Å². The minimum Gasteiger partial charge on any atom is -0.423 e. The Morgan fingerprint density at radius 3 is 2.33 bits per heavy atom. The van der Waals surface area contributed by atoms with Gasteiger partial charge in [-0.05, 0) is 16.2 Å². The summed E-state index contributed by atoms with van der Waals surface area (Å²) < 4.78 is 0. The maximum absolute atomic E-state index is 9.05. The Hall–Kier alpha value is -2.51. The fourth-order valence-electron chi connectivity index (χ4n) is 1.97. The van der Waals surface area contributed by atoms with Crippen LogP contribution in [0.4, 0.5) is 0 Å². The van der Waals surface area contributed by atoms with Gasteiger partial charge in [-0.1, -0.05) is 54.6 Å². The minimum atomic E-state index is -1.45. The maximum atomic E-state index is 9.05. The summed E-state index contributed by atoms with van der Waals surface area (Å²) in [4.78, 5) is 1.51. The highest BCUT2D eigenvalue weighted by Crippen LogP contribution is 2.12. The highest BCUT2D eigenvalue weighted by atomic mass is 16.4. The third kappa shape index (κ3) is 3.15. The number of tetrazole rings is 1. The van der Waals surface area contributed by atoms with Crippen LogP contribution in [-0.2, 0) is 6.54 Å². The summed E-state index contributed by atoms with van der Waals surface area (Å²) in [6.45, 7) is 0.474. The number of rotatable bonds is 4. The van der Waals surface area contributed by atoms with Crippen LogP contribution >= 0.6 is 0 Å². The normalized spacial score (nSPS) is 10.6. The van der Waals surface area contributed by atoms with E-state index in [1.807, 2.05) is 30.3 Å². The Labute approximate surface area is 121 Å². The van der Waals surface area contributed by atoms with Gasteiger partial charge in [0.1, 0.15) is 0 Å². The lowest BCUT2D eigenvalue weighted by molar-refractivity contribution is 0.426. The molecule has 0 saturated heterocycles. The molecule has 0 aliphatic carbocycles. The molecule has 0 amide bonds.